The number of hydrogen-bond donors (Lipinski definition) is 2. The smallest absolute Gasteiger partial charge is 0.243 e. The molecule has 1 aliphatic rings. The molecule has 4 nitrogen and oxygen atoms in total. The first-order valence-electron chi connectivity index (χ1n) is 10.0. The van der Waals surface area contributed by atoms with Gasteiger partial charge in [-0.1, -0.05) is 51.1 Å². The van der Waals surface area contributed by atoms with Crippen molar-refractivity contribution in [2.45, 2.75) is 71.9 Å². The van der Waals surface area contributed by atoms with Crippen molar-refractivity contribution in [2.24, 2.45) is 17.8 Å². The molecule has 1 fully saturated rings. The van der Waals surface area contributed by atoms with Gasteiger partial charge in [0.25, 0.3) is 0 Å². The van der Waals surface area contributed by atoms with Crippen LogP contribution in [0.15, 0.2) is 30.3 Å². The molecule has 0 radical (unpaired) electrons. The first-order valence-corrected chi connectivity index (χ1v) is 10.0. The number of hydrogen-bond acceptors (Lipinski definition) is 2. The molecule has 0 saturated heterocycles. The number of amides is 2. The van der Waals surface area contributed by atoms with Crippen molar-refractivity contribution in [3.63, 3.8) is 0 Å². The van der Waals surface area contributed by atoms with Crippen molar-refractivity contribution in [3.05, 3.63) is 35.9 Å². The largest absolute Gasteiger partial charge is 0.348 e. The second-order valence-electron chi connectivity index (χ2n) is 8.29. The minimum Gasteiger partial charge on any atom is -0.348 e. The third-order valence-corrected chi connectivity index (χ3v) is 5.39. The molecule has 144 valence electrons. The summed E-state index contributed by atoms with van der Waals surface area (Å²) >= 11 is 0. The number of rotatable bonds is 7. The SMILES string of the molecule is CC(C)C[C@@H](NC(=O)C1CCC(C)CC1)C(=O)N[C@@H](C)c1ccccc1. The lowest BCUT2D eigenvalue weighted by Crippen LogP contribution is -2.49. The Labute approximate surface area is 158 Å². The maximum Gasteiger partial charge on any atom is 0.243 e. The van der Waals surface area contributed by atoms with Crippen LogP contribution in [-0.2, 0) is 9.59 Å². The van der Waals surface area contributed by atoms with Gasteiger partial charge in [0.1, 0.15) is 6.04 Å². The summed E-state index contributed by atoms with van der Waals surface area (Å²) in [6.45, 7) is 8.38. The fraction of sp³-hybridized carbons (Fsp3) is 0.636. The number of carbonyl (C=O) groups is 2. The third-order valence-electron chi connectivity index (χ3n) is 5.39. The summed E-state index contributed by atoms with van der Waals surface area (Å²) in [5.41, 5.74) is 1.07. The highest BCUT2D eigenvalue weighted by Gasteiger charge is 2.29. The molecule has 0 aliphatic heterocycles. The van der Waals surface area contributed by atoms with Crippen molar-refractivity contribution in [1.29, 1.82) is 0 Å². The highest BCUT2D eigenvalue weighted by atomic mass is 16.2. The van der Waals surface area contributed by atoms with Crippen LogP contribution < -0.4 is 10.6 Å². The molecule has 0 heterocycles. The Morgan fingerprint density at radius 1 is 1.00 bits per heavy atom. The van der Waals surface area contributed by atoms with Crippen LogP contribution in [0.5, 0.6) is 0 Å². The highest BCUT2D eigenvalue weighted by Crippen LogP contribution is 2.28. The van der Waals surface area contributed by atoms with Crippen LogP contribution in [0, 0.1) is 17.8 Å². The maximum atomic E-state index is 12.8. The fourth-order valence-corrected chi connectivity index (χ4v) is 3.65. The van der Waals surface area contributed by atoms with E-state index in [9.17, 15) is 9.59 Å². The molecule has 1 aromatic carbocycles. The maximum absolute atomic E-state index is 12.8. The summed E-state index contributed by atoms with van der Waals surface area (Å²) < 4.78 is 0. The molecule has 26 heavy (non-hydrogen) atoms. The van der Waals surface area contributed by atoms with Gasteiger partial charge in [-0.15, -0.1) is 0 Å². The predicted molar refractivity (Wildman–Crippen MR) is 106 cm³/mol. The van der Waals surface area contributed by atoms with E-state index in [1.807, 2.05) is 37.3 Å². The van der Waals surface area contributed by atoms with E-state index in [1.54, 1.807) is 0 Å². The average molecular weight is 359 g/mol. The molecule has 1 aromatic rings. The molecule has 0 aromatic heterocycles. The van der Waals surface area contributed by atoms with E-state index >= 15 is 0 Å². The van der Waals surface area contributed by atoms with Gasteiger partial charge in [0.15, 0.2) is 0 Å². The topological polar surface area (TPSA) is 58.2 Å². The molecule has 1 aliphatic carbocycles. The van der Waals surface area contributed by atoms with Crippen molar-refractivity contribution in [1.82, 2.24) is 10.6 Å². The van der Waals surface area contributed by atoms with Gasteiger partial charge in [-0.05, 0) is 56.4 Å². The van der Waals surface area contributed by atoms with Crippen LogP contribution in [0.3, 0.4) is 0 Å². The van der Waals surface area contributed by atoms with Crippen molar-refractivity contribution in [3.8, 4) is 0 Å². The second kappa shape index (κ2) is 9.75. The van der Waals surface area contributed by atoms with Gasteiger partial charge in [0.05, 0.1) is 6.04 Å². The first-order chi connectivity index (χ1) is 12.4. The van der Waals surface area contributed by atoms with E-state index in [0.717, 1.165) is 31.2 Å². The molecular formula is C22H34N2O2. The minimum atomic E-state index is -0.465. The molecule has 2 amide bonds. The van der Waals surface area contributed by atoms with Crippen molar-refractivity contribution >= 4 is 11.8 Å². The molecule has 4 heteroatoms. The van der Waals surface area contributed by atoms with Crippen LogP contribution in [-0.4, -0.2) is 17.9 Å². The van der Waals surface area contributed by atoms with Crippen LogP contribution in [0.25, 0.3) is 0 Å². The molecule has 0 bridgehead atoms. The molecular weight excluding hydrogens is 324 g/mol. The quantitative estimate of drug-likeness (QED) is 0.767. The minimum absolute atomic E-state index is 0.0464. The number of benzene rings is 1. The summed E-state index contributed by atoms with van der Waals surface area (Å²) in [4.78, 5) is 25.5. The molecule has 2 N–H and O–H groups in total. The molecule has 2 rings (SSSR count). The second-order valence-corrected chi connectivity index (χ2v) is 8.29. The van der Waals surface area contributed by atoms with Crippen molar-refractivity contribution < 1.29 is 9.59 Å². The average Bonchev–Trinajstić information content (AvgIpc) is 2.62. The normalized spacial score (nSPS) is 22.5. The van der Waals surface area contributed by atoms with Gasteiger partial charge < -0.3 is 10.6 Å². The summed E-state index contributed by atoms with van der Waals surface area (Å²) in [6, 6.07) is 9.36. The third kappa shape index (κ3) is 6.15. The standard InChI is InChI=1S/C22H34N2O2/c1-15(2)14-20(24-21(25)19-12-10-16(3)11-13-19)22(26)23-17(4)18-8-6-5-7-9-18/h5-9,15-17,19-20H,10-14H2,1-4H3,(H,23,26)(H,24,25)/t16?,17-,19?,20+/m0/s1. The Bertz CT molecular complexity index is 577. The lowest BCUT2D eigenvalue weighted by Gasteiger charge is -2.28. The Morgan fingerprint density at radius 2 is 1.62 bits per heavy atom. The zero-order chi connectivity index (χ0) is 19.1. The number of carbonyl (C=O) groups excluding carboxylic acids is 2. The lowest BCUT2D eigenvalue weighted by atomic mass is 9.82. The molecule has 0 unspecified atom stereocenters. The Morgan fingerprint density at radius 3 is 2.19 bits per heavy atom. The van der Waals surface area contributed by atoms with E-state index in [0.29, 0.717) is 18.3 Å². The van der Waals surface area contributed by atoms with Crippen LogP contribution in [0.1, 0.15) is 71.4 Å². The van der Waals surface area contributed by atoms with E-state index in [-0.39, 0.29) is 23.8 Å². The Balaban J connectivity index is 1.96. The van der Waals surface area contributed by atoms with Gasteiger partial charge in [0.2, 0.25) is 11.8 Å². The summed E-state index contributed by atoms with van der Waals surface area (Å²) in [7, 11) is 0. The number of nitrogens with one attached hydrogen (secondary N) is 2. The van der Waals surface area contributed by atoms with E-state index in [4.69, 9.17) is 0 Å². The fourth-order valence-electron chi connectivity index (χ4n) is 3.65. The monoisotopic (exact) mass is 358 g/mol. The summed E-state index contributed by atoms with van der Waals surface area (Å²) in [5.74, 6) is 1.06. The zero-order valence-electron chi connectivity index (χ0n) is 16.6. The molecule has 0 spiro atoms. The summed E-state index contributed by atoms with van der Waals surface area (Å²) in [6.07, 6.45) is 4.73. The Kier molecular flexibility index (Phi) is 7.67. The predicted octanol–water partition coefficient (Wildman–Crippen LogP) is 4.22. The van der Waals surface area contributed by atoms with E-state index in [2.05, 4.69) is 31.4 Å². The van der Waals surface area contributed by atoms with Gasteiger partial charge in [0, 0.05) is 5.92 Å². The Hall–Kier alpha value is -1.84. The summed E-state index contributed by atoms with van der Waals surface area (Å²) in [5, 5.41) is 6.10. The van der Waals surface area contributed by atoms with Crippen LogP contribution in [0.2, 0.25) is 0 Å². The first kappa shape index (κ1) is 20.5. The van der Waals surface area contributed by atoms with Crippen molar-refractivity contribution in [2.75, 3.05) is 0 Å². The lowest BCUT2D eigenvalue weighted by molar-refractivity contribution is -0.132. The van der Waals surface area contributed by atoms with Crippen LogP contribution >= 0.6 is 0 Å². The molecule has 1 saturated carbocycles. The zero-order valence-corrected chi connectivity index (χ0v) is 16.6. The van der Waals surface area contributed by atoms with Gasteiger partial charge >= 0.3 is 0 Å². The van der Waals surface area contributed by atoms with E-state index < -0.39 is 6.04 Å². The van der Waals surface area contributed by atoms with Gasteiger partial charge in [-0.2, -0.15) is 0 Å². The van der Waals surface area contributed by atoms with Gasteiger partial charge in [-0.3, -0.25) is 9.59 Å². The highest BCUT2D eigenvalue weighted by molar-refractivity contribution is 5.88. The van der Waals surface area contributed by atoms with Gasteiger partial charge in [-0.25, -0.2) is 0 Å². The molecule has 2 atom stereocenters. The van der Waals surface area contributed by atoms with E-state index in [1.165, 1.54) is 0 Å². The van der Waals surface area contributed by atoms with Crippen LogP contribution in [0.4, 0.5) is 0 Å².